The van der Waals surface area contributed by atoms with Crippen molar-refractivity contribution in [2.75, 3.05) is 6.26 Å². The summed E-state index contributed by atoms with van der Waals surface area (Å²) in [6, 6.07) is 11.6. The fraction of sp³-hybridized carbons (Fsp3) is 0.238. The van der Waals surface area contributed by atoms with Gasteiger partial charge in [0.15, 0.2) is 20.2 Å². The van der Waals surface area contributed by atoms with Crippen molar-refractivity contribution in [2.45, 2.75) is 30.9 Å². The topological polar surface area (TPSA) is 77.7 Å². The normalized spacial score (nSPS) is 12.9. The second kappa shape index (κ2) is 8.37. The molecule has 0 unspecified atom stereocenters. The lowest BCUT2D eigenvalue weighted by molar-refractivity contribution is -0.130. The van der Waals surface area contributed by atoms with Gasteiger partial charge in [-0.1, -0.05) is 29.0 Å². The van der Waals surface area contributed by atoms with Crippen LogP contribution in [0.1, 0.15) is 13.8 Å². The smallest absolute Gasteiger partial charge is 0.291 e. The van der Waals surface area contributed by atoms with Crippen molar-refractivity contribution in [1.29, 1.82) is 0 Å². The van der Waals surface area contributed by atoms with Crippen LogP contribution in [-0.2, 0) is 21.2 Å². The minimum absolute atomic E-state index is 0.214. The number of ether oxygens (including phenoxy) is 1. The maximum atomic E-state index is 12.9. The molecule has 2 aromatic carbocycles. The van der Waals surface area contributed by atoms with Crippen LogP contribution in [0.3, 0.4) is 0 Å². The summed E-state index contributed by atoms with van der Waals surface area (Å²) in [6.07, 6.45) is 2.85. The molecule has 0 radical (unpaired) electrons. The largest absolute Gasteiger partial charge is 0.478 e. The third-order valence-electron chi connectivity index (χ3n) is 4.29. The Kier molecular flexibility index (Phi) is 6.21. The number of fused-ring (bicyclic) bond motifs is 1. The molecule has 0 aliphatic carbocycles. The molecular weight excluding hydrogens is 444 g/mol. The number of sulfone groups is 1. The minimum Gasteiger partial charge on any atom is -0.478 e. The van der Waals surface area contributed by atoms with Gasteiger partial charge in [0.1, 0.15) is 5.75 Å². The number of amides is 1. The van der Waals surface area contributed by atoms with E-state index in [4.69, 9.17) is 16.3 Å². The third-order valence-corrected chi connectivity index (χ3v) is 6.70. The highest BCUT2D eigenvalue weighted by atomic mass is 35.5. The molecule has 9 heteroatoms. The van der Waals surface area contributed by atoms with Gasteiger partial charge >= 0.3 is 0 Å². The zero-order valence-corrected chi connectivity index (χ0v) is 19.1. The number of benzene rings is 2. The maximum absolute atomic E-state index is 12.9. The lowest BCUT2D eigenvalue weighted by atomic mass is 10.1. The van der Waals surface area contributed by atoms with Gasteiger partial charge in [0.2, 0.25) is 0 Å². The van der Waals surface area contributed by atoms with Gasteiger partial charge in [0.05, 0.1) is 15.1 Å². The van der Waals surface area contributed by atoms with Gasteiger partial charge < -0.3 is 9.30 Å². The Bertz CT molecular complexity index is 1290. The van der Waals surface area contributed by atoms with Crippen LogP contribution >= 0.6 is 22.9 Å². The summed E-state index contributed by atoms with van der Waals surface area (Å²) in [7, 11) is -3.34. The zero-order chi connectivity index (χ0) is 22.1. The molecule has 158 valence electrons. The van der Waals surface area contributed by atoms with Crippen molar-refractivity contribution < 1.29 is 17.9 Å². The molecule has 6 nitrogen and oxygen atoms in total. The van der Waals surface area contributed by atoms with Gasteiger partial charge in [0, 0.05) is 17.8 Å². The van der Waals surface area contributed by atoms with Crippen LogP contribution in [0.15, 0.2) is 65.0 Å². The number of carbonyl (C=O) groups is 1. The molecule has 3 aromatic rings. The summed E-state index contributed by atoms with van der Waals surface area (Å²) in [4.78, 5) is 17.9. The number of hydrogen-bond acceptors (Lipinski definition) is 5. The van der Waals surface area contributed by atoms with Crippen LogP contribution in [0.5, 0.6) is 5.75 Å². The van der Waals surface area contributed by atoms with Gasteiger partial charge in [-0.3, -0.25) is 4.79 Å². The summed E-state index contributed by atoms with van der Waals surface area (Å²) in [5, 5.41) is 0.570. The Morgan fingerprint density at radius 2 is 1.93 bits per heavy atom. The molecule has 0 aliphatic rings. The lowest BCUT2D eigenvalue weighted by Gasteiger charge is -2.22. The van der Waals surface area contributed by atoms with Crippen LogP contribution < -0.4 is 9.54 Å². The molecule has 0 fully saturated rings. The van der Waals surface area contributed by atoms with E-state index in [0.717, 1.165) is 11.8 Å². The Balaban J connectivity index is 2.04. The minimum atomic E-state index is -3.34. The van der Waals surface area contributed by atoms with Crippen molar-refractivity contribution in [3.05, 3.63) is 64.9 Å². The predicted molar refractivity (Wildman–Crippen MR) is 120 cm³/mol. The molecule has 1 aromatic heterocycles. The van der Waals surface area contributed by atoms with E-state index >= 15 is 0 Å². The molecule has 0 saturated carbocycles. The zero-order valence-electron chi connectivity index (χ0n) is 16.8. The summed E-state index contributed by atoms with van der Waals surface area (Å²) in [5.41, 5.74) is -0.441. The second-order valence-electron chi connectivity index (χ2n) is 7.17. The first-order chi connectivity index (χ1) is 14.0. The van der Waals surface area contributed by atoms with E-state index in [1.54, 1.807) is 62.4 Å². The van der Waals surface area contributed by atoms with Crippen LogP contribution in [0, 0.1) is 0 Å². The number of aromatic nitrogens is 1. The van der Waals surface area contributed by atoms with E-state index in [2.05, 4.69) is 11.6 Å². The van der Waals surface area contributed by atoms with Crippen LogP contribution in [0.4, 0.5) is 0 Å². The average Bonchev–Trinajstić information content (AvgIpc) is 2.99. The first kappa shape index (κ1) is 22.3. The predicted octanol–water partition coefficient (Wildman–Crippen LogP) is 4.23. The Morgan fingerprint density at radius 1 is 1.27 bits per heavy atom. The molecule has 30 heavy (non-hydrogen) atoms. The molecule has 0 saturated heterocycles. The number of allylic oxidation sites excluding steroid dienone is 1. The Morgan fingerprint density at radius 3 is 2.53 bits per heavy atom. The van der Waals surface area contributed by atoms with Crippen molar-refractivity contribution in [3.8, 4) is 5.75 Å². The van der Waals surface area contributed by atoms with Crippen molar-refractivity contribution in [1.82, 2.24) is 4.57 Å². The molecule has 0 atom stereocenters. The van der Waals surface area contributed by atoms with E-state index < -0.39 is 21.3 Å². The highest BCUT2D eigenvalue weighted by Crippen LogP contribution is 2.24. The highest BCUT2D eigenvalue weighted by molar-refractivity contribution is 7.90. The average molecular weight is 465 g/mol. The first-order valence-corrected chi connectivity index (χ1v) is 12.1. The molecule has 3 rings (SSSR count). The van der Waals surface area contributed by atoms with E-state index in [1.807, 2.05) is 4.57 Å². The van der Waals surface area contributed by atoms with Gasteiger partial charge in [-0.05, 0) is 56.3 Å². The van der Waals surface area contributed by atoms with E-state index in [9.17, 15) is 13.2 Å². The van der Waals surface area contributed by atoms with E-state index in [0.29, 0.717) is 26.8 Å². The summed E-state index contributed by atoms with van der Waals surface area (Å²) in [6.45, 7) is 7.45. The molecule has 1 amide bonds. The van der Waals surface area contributed by atoms with Gasteiger partial charge in [-0.15, -0.1) is 6.58 Å². The maximum Gasteiger partial charge on any atom is 0.291 e. The Hall–Kier alpha value is -2.42. The molecule has 0 spiro atoms. The number of carbonyl (C=O) groups excluding carboxylic acids is 1. The molecule has 0 aliphatic heterocycles. The molecular formula is C21H21ClN2O4S2. The third kappa shape index (κ3) is 4.83. The van der Waals surface area contributed by atoms with E-state index in [-0.39, 0.29) is 4.90 Å². The number of thiazole rings is 1. The highest BCUT2D eigenvalue weighted by Gasteiger charge is 2.30. The summed E-state index contributed by atoms with van der Waals surface area (Å²) < 4.78 is 32.1. The van der Waals surface area contributed by atoms with Crippen LogP contribution in [0.25, 0.3) is 10.2 Å². The second-order valence-corrected chi connectivity index (χ2v) is 10.6. The SMILES string of the molecule is C=CCn1c(=NC(=O)C(C)(C)Oc2ccc(Cl)cc2)sc2cc(S(C)(=O)=O)ccc21. The molecule has 1 heterocycles. The first-order valence-electron chi connectivity index (χ1n) is 8.99. The van der Waals surface area contributed by atoms with Crippen molar-refractivity contribution in [2.24, 2.45) is 4.99 Å². The summed E-state index contributed by atoms with van der Waals surface area (Å²) >= 11 is 7.13. The quantitative estimate of drug-likeness (QED) is 0.511. The number of halogens is 1. The number of hydrogen-bond donors (Lipinski definition) is 0. The summed E-state index contributed by atoms with van der Waals surface area (Å²) in [5.74, 6) is 0.0335. The van der Waals surface area contributed by atoms with Gasteiger partial charge in [-0.2, -0.15) is 4.99 Å². The fourth-order valence-corrected chi connectivity index (χ4v) is 4.66. The van der Waals surface area contributed by atoms with Gasteiger partial charge in [0.25, 0.3) is 5.91 Å². The van der Waals surface area contributed by atoms with Gasteiger partial charge in [-0.25, -0.2) is 8.42 Å². The van der Waals surface area contributed by atoms with Crippen molar-refractivity contribution >= 4 is 48.9 Å². The standard InChI is InChI=1S/C21H21ClN2O4S2/c1-5-12-24-17-11-10-16(30(4,26)27)13-18(17)29-20(24)23-19(25)21(2,3)28-15-8-6-14(22)7-9-15/h5-11,13H,1,12H2,2-4H3. The fourth-order valence-electron chi connectivity index (χ4n) is 2.74. The van der Waals surface area contributed by atoms with Crippen molar-refractivity contribution in [3.63, 3.8) is 0 Å². The van der Waals surface area contributed by atoms with Crippen LogP contribution in [-0.4, -0.2) is 30.7 Å². The Labute approximate surface area is 184 Å². The lowest BCUT2D eigenvalue weighted by Crippen LogP contribution is -2.38. The number of nitrogens with zero attached hydrogens (tertiary/aromatic N) is 2. The monoisotopic (exact) mass is 464 g/mol. The molecule has 0 bridgehead atoms. The number of rotatable bonds is 6. The van der Waals surface area contributed by atoms with E-state index in [1.165, 1.54) is 11.3 Å². The van der Waals surface area contributed by atoms with Crippen LogP contribution in [0.2, 0.25) is 5.02 Å². The molecule has 0 N–H and O–H groups in total.